The number of rotatable bonds is 8. The van der Waals surface area contributed by atoms with Gasteiger partial charge in [-0.05, 0) is 38.3 Å². The van der Waals surface area contributed by atoms with E-state index in [-0.39, 0.29) is 12.5 Å². The number of hydrogen-bond donors (Lipinski definition) is 3. The molecule has 0 saturated heterocycles. The highest BCUT2D eigenvalue weighted by Crippen LogP contribution is 2.18. The molecule has 0 aromatic carbocycles. The minimum Gasteiger partial charge on any atom is -0.396 e. The summed E-state index contributed by atoms with van der Waals surface area (Å²) in [7, 11) is 0. The summed E-state index contributed by atoms with van der Waals surface area (Å²) in [5.41, 5.74) is 0. The quantitative estimate of drug-likeness (QED) is 0.508. The molecular formula is C11H22N2O2. The van der Waals surface area contributed by atoms with Crippen LogP contribution in [0, 0.1) is 5.92 Å². The molecule has 3 N–H and O–H groups in total. The molecule has 0 aromatic rings. The van der Waals surface area contributed by atoms with E-state index in [9.17, 15) is 4.79 Å². The Bertz CT molecular complexity index is 193. The lowest BCUT2D eigenvalue weighted by molar-refractivity contribution is -0.121. The van der Waals surface area contributed by atoms with Crippen molar-refractivity contribution in [1.82, 2.24) is 10.6 Å². The number of nitrogens with one attached hydrogen (secondary N) is 2. The van der Waals surface area contributed by atoms with Crippen molar-refractivity contribution in [3.63, 3.8) is 0 Å². The first kappa shape index (κ1) is 12.5. The Morgan fingerprint density at radius 3 is 2.87 bits per heavy atom. The van der Waals surface area contributed by atoms with E-state index in [1.807, 2.05) is 6.92 Å². The van der Waals surface area contributed by atoms with Gasteiger partial charge < -0.3 is 15.7 Å². The highest BCUT2D eigenvalue weighted by atomic mass is 16.3. The first-order valence-corrected chi connectivity index (χ1v) is 5.83. The van der Waals surface area contributed by atoms with Gasteiger partial charge in [0.15, 0.2) is 0 Å². The van der Waals surface area contributed by atoms with E-state index < -0.39 is 0 Å². The first-order valence-electron chi connectivity index (χ1n) is 5.83. The minimum absolute atomic E-state index is 0.175. The molecule has 0 aliphatic heterocycles. The predicted octanol–water partition coefficient (Wildman–Crippen LogP) is 0.263. The average molecular weight is 214 g/mol. The van der Waals surface area contributed by atoms with Gasteiger partial charge in [-0.15, -0.1) is 0 Å². The number of aliphatic hydroxyl groups is 1. The van der Waals surface area contributed by atoms with Crippen LogP contribution in [0.5, 0.6) is 0 Å². The molecule has 1 amide bonds. The highest BCUT2D eigenvalue weighted by molar-refractivity contribution is 5.76. The maximum atomic E-state index is 11.3. The van der Waals surface area contributed by atoms with Gasteiger partial charge in [0.2, 0.25) is 5.91 Å². The number of carbonyl (C=O) groups is 1. The maximum absolute atomic E-state index is 11.3. The number of amides is 1. The lowest BCUT2D eigenvalue weighted by atomic mass is 10.2. The second kappa shape index (κ2) is 6.80. The molecule has 0 heterocycles. The van der Waals surface area contributed by atoms with Crippen molar-refractivity contribution in [2.75, 3.05) is 19.7 Å². The van der Waals surface area contributed by atoms with Gasteiger partial charge in [-0.1, -0.05) is 6.92 Å². The molecule has 1 fully saturated rings. The van der Waals surface area contributed by atoms with Gasteiger partial charge in [-0.2, -0.15) is 0 Å². The third-order valence-corrected chi connectivity index (χ3v) is 2.50. The maximum Gasteiger partial charge on any atom is 0.220 e. The third-order valence-electron chi connectivity index (χ3n) is 2.50. The standard InChI is InChI=1S/C11H22N2O2/c1-9(8-14)7-12-6-2-3-11(15)13-10-4-5-10/h9-10,12,14H,2-8H2,1H3,(H,13,15). The van der Waals surface area contributed by atoms with Crippen molar-refractivity contribution in [2.45, 2.75) is 38.6 Å². The second-order valence-electron chi connectivity index (χ2n) is 4.44. The van der Waals surface area contributed by atoms with E-state index in [0.717, 1.165) is 32.4 Å². The fourth-order valence-electron chi connectivity index (χ4n) is 1.31. The molecule has 1 aliphatic rings. The summed E-state index contributed by atoms with van der Waals surface area (Å²) in [6, 6.07) is 0.472. The summed E-state index contributed by atoms with van der Waals surface area (Å²) >= 11 is 0. The van der Waals surface area contributed by atoms with Gasteiger partial charge in [-0.25, -0.2) is 0 Å². The molecule has 1 atom stereocenters. The third kappa shape index (κ3) is 6.47. The fraction of sp³-hybridized carbons (Fsp3) is 0.909. The van der Waals surface area contributed by atoms with Gasteiger partial charge in [0, 0.05) is 19.1 Å². The SMILES string of the molecule is CC(CO)CNCCCC(=O)NC1CC1. The Hall–Kier alpha value is -0.610. The van der Waals surface area contributed by atoms with Crippen LogP contribution in [-0.2, 0) is 4.79 Å². The Kier molecular flexibility index (Phi) is 5.65. The van der Waals surface area contributed by atoms with E-state index in [1.54, 1.807) is 0 Å². The molecule has 0 bridgehead atoms. The highest BCUT2D eigenvalue weighted by Gasteiger charge is 2.22. The van der Waals surface area contributed by atoms with Crippen LogP contribution in [0.4, 0.5) is 0 Å². The molecule has 1 unspecified atom stereocenters. The largest absolute Gasteiger partial charge is 0.396 e. The van der Waals surface area contributed by atoms with Gasteiger partial charge in [0.25, 0.3) is 0 Å². The van der Waals surface area contributed by atoms with E-state index >= 15 is 0 Å². The number of carbonyl (C=O) groups excluding carboxylic acids is 1. The van der Waals surface area contributed by atoms with E-state index in [4.69, 9.17) is 5.11 Å². The molecule has 0 aromatic heterocycles. The van der Waals surface area contributed by atoms with Crippen LogP contribution < -0.4 is 10.6 Å². The lowest BCUT2D eigenvalue weighted by Gasteiger charge is -2.09. The van der Waals surface area contributed by atoms with Gasteiger partial charge >= 0.3 is 0 Å². The van der Waals surface area contributed by atoms with Crippen molar-refractivity contribution in [3.8, 4) is 0 Å². The van der Waals surface area contributed by atoms with Crippen LogP contribution in [0.1, 0.15) is 32.6 Å². The summed E-state index contributed by atoms with van der Waals surface area (Å²) in [5, 5.41) is 15.0. The zero-order valence-corrected chi connectivity index (χ0v) is 9.46. The lowest BCUT2D eigenvalue weighted by Crippen LogP contribution is -2.28. The van der Waals surface area contributed by atoms with E-state index in [2.05, 4.69) is 10.6 Å². The second-order valence-corrected chi connectivity index (χ2v) is 4.44. The van der Waals surface area contributed by atoms with Crippen LogP contribution in [0.2, 0.25) is 0 Å². The zero-order chi connectivity index (χ0) is 11.1. The monoisotopic (exact) mass is 214 g/mol. The van der Waals surface area contributed by atoms with Crippen LogP contribution >= 0.6 is 0 Å². The van der Waals surface area contributed by atoms with Crippen molar-refractivity contribution in [1.29, 1.82) is 0 Å². The number of hydrogen-bond acceptors (Lipinski definition) is 3. The summed E-state index contributed by atoms with van der Waals surface area (Å²) in [6.07, 6.45) is 3.78. The summed E-state index contributed by atoms with van der Waals surface area (Å²) < 4.78 is 0. The van der Waals surface area contributed by atoms with Gasteiger partial charge in [0.1, 0.15) is 0 Å². The molecule has 88 valence electrons. The molecule has 1 aliphatic carbocycles. The van der Waals surface area contributed by atoms with Crippen molar-refractivity contribution < 1.29 is 9.90 Å². The summed E-state index contributed by atoms with van der Waals surface area (Å²) in [6.45, 7) is 3.88. The summed E-state index contributed by atoms with van der Waals surface area (Å²) in [5.74, 6) is 0.472. The van der Waals surface area contributed by atoms with Crippen molar-refractivity contribution in [3.05, 3.63) is 0 Å². The summed E-state index contributed by atoms with van der Waals surface area (Å²) in [4.78, 5) is 11.3. The smallest absolute Gasteiger partial charge is 0.220 e. The molecule has 4 heteroatoms. The van der Waals surface area contributed by atoms with Crippen molar-refractivity contribution >= 4 is 5.91 Å². The normalized spacial score (nSPS) is 17.5. The minimum atomic E-state index is 0.175. The molecule has 1 saturated carbocycles. The van der Waals surface area contributed by atoms with Gasteiger partial charge in [-0.3, -0.25) is 4.79 Å². The Morgan fingerprint density at radius 1 is 1.53 bits per heavy atom. The first-order chi connectivity index (χ1) is 7.22. The average Bonchev–Trinajstić information content (AvgIpc) is 3.00. The van der Waals surface area contributed by atoms with E-state index in [0.29, 0.717) is 18.4 Å². The van der Waals surface area contributed by atoms with Crippen LogP contribution in [0.3, 0.4) is 0 Å². The van der Waals surface area contributed by atoms with Crippen molar-refractivity contribution in [2.24, 2.45) is 5.92 Å². The Balaban J connectivity index is 1.85. The Morgan fingerprint density at radius 2 is 2.27 bits per heavy atom. The number of aliphatic hydroxyl groups excluding tert-OH is 1. The molecule has 0 radical (unpaired) electrons. The topological polar surface area (TPSA) is 61.4 Å². The molecule has 15 heavy (non-hydrogen) atoms. The van der Waals surface area contributed by atoms with E-state index in [1.165, 1.54) is 0 Å². The molecule has 0 spiro atoms. The molecular weight excluding hydrogens is 192 g/mol. The molecule has 4 nitrogen and oxygen atoms in total. The fourth-order valence-corrected chi connectivity index (χ4v) is 1.31. The molecule has 1 rings (SSSR count). The predicted molar refractivity (Wildman–Crippen MR) is 59.5 cm³/mol. The zero-order valence-electron chi connectivity index (χ0n) is 9.46. The van der Waals surface area contributed by atoms with Gasteiger partial charge in [0.05, 0.1) is 0 Å². The Labute approximate surface area is 91.4 Å². The van der Waals surface area contributed by atoms with Crippen LogP contribution in [0.25, 0.3) is 0 Å². The van der Waals surface area contributed by atoms with Crippen LogP contribution in [0.15, 0.2) is 0 Å². The van der Waals surface area contributed by atoms with Crippen LogP contribution in [-0.4, -0.2) is 36.8 Å².